The minimum atomic E-state index is -0.270. The number of benzene rings is 2. The summed E-state index contributed by atoms with van der Waals surface area (Å²) in [5.74, 6) is 0.341. The van der Waals surface area contributed by atoms with Gasteiger partial charge in [0.05, 0.1) is 11.3 Å². The van der Waals surface area contributed by atoms with Crippen molar-refractivity contribution in [3.63, 3.8) is 0 Å². The number of nitrogens with one attached hydrogen (secondary N) is 1. The zero-order chi connectivity index (χ0) is 19.9. The molecule has 1 fully saturated rings. The largest absolute Gasteiger partial charge is 0.490 e. The fourth-order valence-corrected chi connectivity index (χ4v) is 3.01. The van der Waals surface area contributed by atoms with Crippen LogP contribution in [0.2, 0.25) is 0 Å². The second-order valence-corrected chi connectivity index (χ2v) is 6.72. The summed E-state index contributed by atoms with van der Waals surface area (Å²) >= 11 is 0. The monoisotopic (exact) mass is 379 g/mol. The SMILES string of the molecule is C=CCOc1ccc(C(=O)Nc2ccccc2C(=O)N2CCN(C)CC2)cc1. The van der Waals surface area contributed by atoms with Gasteiger partial charge in [-0.15, -0.1) is 0 Å². The van der Waals surface area contributed by atoms with Gasteiger partial charge >= 0.3 is 0 Å². The van der Waals surface area contributed by atoms with Crippen LogP contribution in [0.1, 0.15) is 20.7 Å². The van der Waals surface area contributed by atoms with Crippen molar-refractivity contribution in [2.45, 2.75) is 0 Å². The molecule has 1 aliphatic rings. The van der Waals surface area contributed by atoms with E-state index >= 15 is 0 Å². The van der Waals surface area contributed by atoms with E-state index in [-0.39, 0.29) is 11.8 Å². The number of likely N-dealkylation sites (N-methyl/N-ethyl adjacent to an activating group) is 1. The van der Waals surface area contributed by atoms with Crippen molar-refractivity contribution in [1.82, 2.24) is 9.80 Å². The smallest absolute Gasteiger partial charge is 0.256 e. The highest BCUT2D eigenvalue weighted by molar-refractivity contribution is 6.09. The van der Waals surface area contributed by atoms with Crippen LogP contribution in [0.15, 0.2) is 61.2 Å². The fourth-order valence-electron chi connectivity index (χ4n) is 3.01. The number of carbonyl (C=O) groups is 2. The number of anilines is 1. The third-order valence-electron chi connectivity index (χ3n) is 4.68. The summed E-state index contributed by atoms with van der Waals surface area (Å²) in [7, 11) is 2.05. The molecule has 0 bridgehead atoms. The summed E-state index contributed by atoms with van der Waals surface area (Å²) in [6.07, 6.45) is 1.66. The Hall–Kier alpha value is -3.12. The second kappa shape index (κ2) is 9.19. The Morgan fingerprint density at radius 2 is 1.75 bits per heavy atom. The molecule has 1 heterocycles. The summed E-state index contributed by atoms with van der Waals surface area (Å²) in [6.45, 7) is 7.08. The standard InChI is InChI=1S/C22H25N3O3/c1-3-16-28-18-10-8-17(9-11-18)21(26)23-20-7-5-4-6-19(20)22(27)25-14-12-24(2)13-15-25/h3-11H,1,12-16H2,2H3,(H,23,26). The van der Waals surface area contributed by atoms with Crippen LogP contribution in [0, 0.1) is 0 Å². The molecule has 146 valence electrons. The van der Waals surface area contributed by atoms with Crippen LogP contribution in [0.3, 0.4) is 0 Å². The summed E-state index contributed by atoms with van der Waals surface area (Å²) < 4.78 is 5.43. The molecule has 6 heteroatoms. The maximum atomic E-state index is 12.9. The van der Waals surface area contributed by atoms with Crippen molar-refractivity contribution in [3.8, 4) is 5.75 Å². The molecule has 0 spiro atoms. The highest BCUT2D eigenvalue weighted by Crippen LogP contribution is 2.20. The van der Waals surface area contributed by atoms with Crippen LogP contribution in [-0.2, 0) is 0 Å². The topological polar surface area (TPSA) is 61.9 Å². The number of nitrogens with zero attached hydrogens (tertiary/aromatic N) is 2. The van der Waals surface area contributed by atoms with E-state index in [0.717, 1.165) is 13.1 Å². The average molecular weight is 379 g/mol. The Morgan fingerprint density at radius 3 is 2.43 bits per heavy atom. The van der Waals surface area contributed by atoms with Gasteiger partial charge in [0.2, 0.25) is 0 Å². The van der Waals surface area contributed by atoms with Gasteiger partial charge in [0, 0.05) is 31.7 Å². The number of para-hydroxylation sites is 1. The highest BCUT2D eigenvalue weighted by Gasteiger charge is 2.23. The third kappa shape index (κ3) is 4.78. The average Bonchev–Trinajstić information content (AvgIpc) is 2.73. The Balaban J connectivity index is 1.71. The van der Waals surface area contributed by atoms with Crippen LogP contribution in [0.25, 0.3) is 0 Å². The van der Waals surface area contributed by atoms with Crippen molar-refractivity contribution in [2.75, 3.05) is 45.2 Å². The minimum Gasteiger partial charge on any atom is -0.490 e. The zero-order valence-electron chi connectivity index (χ0n) is 16.1. The van der Waals surface area contributed by atoms with E-state index in [0.29, 0.717) is 42.3 Å². The molecule has 0 aromatic heterocycles. The van der Waals surface area contributed by atoms with E-state index in [2.05, 4.69) is 16.8 Å². The number of hydrogen-bond donors (Lipinski definition) is 1. The summed E-state index contributed by atoms with van der Waals surface area (Å²) in [5.41, 5.74) is 1.52. The molecule has 0 saturated carbocycles. The lowest BCUT2D eigenvalue weighted by Gasteiger charge is -2.32. The quantitative estimate of drug-likeness (QED) is 0.784. The van der Waals surface area contributed by atoms with Crippen LogP contribution in [0.4, 0.5) is 5.69 Å². The summed E-state index contributed by atoms with van der Waals surface area (Å²) in [6, 6.07) is 14.0. The summed E-state index contributed by atoms with van der Waals surface area (Å²) in [5, 5.41) is 2.86. The second-order valence-electron chi connectivity index (χ2n) is 6.72. The van der Waals surface area contributed by atoms with E-state index in [1.165, 1.54) is 0 Å². The number of carbonyl (C=O) groups excluding carboxylic acids is 2. The van der Waals surface area contributed by atoms with E-state index in [4.69, 9.17) is 4.74 Å². The van der Waals surface area contributed by atoms with Gasteiger partial charge < -0.3 is 19.9 Å². The van der Waals surface area contributed by atoms with Gasteiger partial charge in [-0.1, -0.05) is 24.8 Å². The first kappa shape index (κ1) is 19.6. The Morgan fingerprint density at radius 1 is 1.07 bits per heavy atom. The highest BCUT2D eigenvalue weighted by atomic mass is 16.5. The maximum Gasteiger partial charge on any atom is 0.256 e. The van der Waals surface area contributed by atoms with Gasteiger partial charge in [-0.25, -0.2) is 0 Å². The Labute approximate surface area is 165 Å². The number of piperazine rings is 1. The first-order chi connectivity index (χ1) is 13.6. The molecule has 2 aromatic rings. The molecule has 28 heavy (non-hydrogen) atoms. The van der Waals surface area contributed by atoms with Crippen LogP contribution in [0.5, 0.6) is 5.75 Å². The van der Waals surface area contributed by atoms with Crippen molar-refractivity contribution in [1.29, 1.82) is 0 Å². The molecule has 0 aliphatic carbocycles. The first-order valence-corrected chi connectivity index (χ1v) is 9.30. The number of hydrogen-bond acceptors (Lipinski definition) is 4. The minimum absolute atomic E-state index is 0.0582. The van der Waals surface area contributed by atoms with Gasteiger partial charge in [0.1, 0.15) is 12.4 Å². The van der Waals surface area contributed by atoms with Gasteiger partial charge in [-0.2, -0.15) is 0 Å². The van der Waals surface area contributed by atoms with Crippen molar-refractivity contribution >= 4 is 17.5 Å². The molecule has 0 radical (unpaired) electrons. The van der Waals surface area contributed by atoms with E-state index < -0.39 is 0 Å². The van der Waals surface area contributed by atoms with E-state index in [9.17, 15) is 9.59 Å². The molecule has 1 N–H and O–H groups in total. The molecule has 0 unspecified atom stereocenters. The molecule has 1 aliphatic heterocycles. The van der Waals surface area contributed by atoms with Gasteiger partial charge in [-0.3, -0.25) is 9.59 Å². The lowest BCUT2D eigenvalue weighted by molar-refractivity contribution is 0.0665. The Bertz CT molecular complexity index is 840. The van der Waals surface area contributed by atoms with Gasteiger partial charge in [0.15, 0.2) is 0 Å². The maximum absolute atomic E-state index is 12.9. The predicted octanol–water partition coefficient (Wildman–Crippen LogP) is 2.89. The van der Waals surface area contributed by atoms with E-state index in [1.54, 1.807) is 42.5 Å². The van der Waals surface area contributed by atoms with E-state index in [1.807, 2.05) is 24.1 Å². The van der Waals surface area contributed by atoms with Crippen LogP contribution >= 0.6 is 0 Å². The molecule has 0 atom stereocenters. The third-order valence-corrected chi connectivity index (χ3v) is 4.68. The Kier molecular flexibility index (Phi) is 6.45. The molecule has 3 rings (SSSR count). The first-order valence-electron chi connectivity index (χ1n) is 9.30. The molecular formula is C22H25N3O3. The molecule has 2 amide bonds. The lowest BCUT2D eigenvalue weighted by atomic mass is 10.1. The molecule has 2 aromatic carbocycles. The number of amides is 2. The number of ether oxygens (including phenoxy) is 1. The van der Waals surface area contributed by atoms with Crippen LogP contribution in [-0.4, -0.2) is 61.4 Å². The normalized spacial score (nSPS) is 14.4. The molecular weight excluding hydrogens is 354 g/mol. The molecule has 6 nitrogen and oxygen atoms in total. The predicted molar refractivity (Wildman–Crippen MR) is 110 cm³/mol. The van der Waals surface area contributed by atoms with Crippen molar-refractivity contribution in [3.05, 3.63) is 72.3 Å². The zero-order valence-corrected chi connectivity index (χ0v) is 16.1. The fraction of sp³-hybridized carbons (Fsp3) is 0.273. The number of rotatable bonds is 6. The van der Waals surface area contributed by atoms with Crippen LogP contribution < -0.4 is 10.1 Å². The summed E-state index contributed by atoms with van der Waals surface area (Å²) in [4.78, 5) is 29.6. The van der Waals surface area contributed by atoms with Crippen molar-refractivity contribution < 1.29 is 14.3 Å². The molecule has 1 saturated heterocycles. The van der Waals surface area contributed by atoms with Crippen molar-refractivity contribution in [2.24, 2.45) is 0 Å². The lowest BCUT2D eigenvalue weighted by Crippen LogP contribution is -2.47. The van der Waals surface area contributed by atoms with Gasteiger partial charge in [0.25, 0.3) is 11.8 Å². The van der Waals surface area contributed by atoms with Gasteiger partial charge in [-0.05, 0) is 43.4 Å².